The summed E-state index contributed by atoms with van der Waals surface area (Å²) in [4.78, 5) is 26.3. The molecule has 4 rings (SSSR count). The quantitative estimate of drug-likeness (QED) is 0.539. The maximum absolute atomic E-state index is 12.4. The Balaban J connectivity index is 1.56. The smallest absolute Gasteiger partial charge is 0.233 e. The van der Waals surface area contributed by atoms with Crippen molar-refractivity contribution < 1.29 is 14.3 Å². The lowest BCUT2D eigenvalue weighted by Crippen LogP contribution is -2.38. The Morgan fingerprint density at radius 3 is 2.39 bits per heavy atom. The monoisotopic (exact) mass is 247 g/mol. The van der Waals surface area contributed by atoms with Gasteiger partial charge in [-0.2, -0.15) is 0 Å². The van der Waals surface area contributed by atoms with Gasteiger partial charge in [-0.3, -0.25) is 14.5 Å². The highest BCUT2D eigenvalue weighted by Crippen LogP contribution is 2.52. The van der Waals surface area contributed by atoms with Crippen LogP contribution in [0, 0.1) is 23.7 Å². The lowest BCUT2D eigenvalue weighted by Gasteiger charge is -2.20. The molecule has 2 amide bonds. The van der Waals surface area contributed by atoms with Crippen LogP contribution in [0.15, 0.2) is 12.2 Å². The van der Waals surface area contributed by atoms with E-state index in [1.807, 2.05) is 0 Å². The zero-order valence-corrected chi connectivity index (χ0v) is 10.2. The Bertz CT molecular complexity index is 408. The molecule has 96 valence electrons. The van der Waals surface area contributed by atoms with Crippen LogP contribution in [0.3, 0.4) is 0 Å². The summed E-state index contributed by atoms with van der Waals surface area (Å²) in [7, 11) is 0. The van der Waals surface area contributed by atoms with Crippen molar-refractivity contribution >= 4 is 11.8 Å². The summed E-state index contributed by atoms with van der Waals surface area (Å²) in [6.07, 6.45) is 7.35. The maximum atomic E-state index is 12.4. The Labute approximate surface area is 106 Å². The highest BCUT2D eigenvalue weighted by atomic mass is 16.5. The Morgan fingerprint density at radius 2 is 1.83 bits per heavy atom. The SMILES string of the molecule is O=C1[C@@H]2[C@H](C(=O)N1CC1CCCO1)[C@@H]1C=C[C@H]2C1. The highest BCUT2D eigenvalue weighted by Gasteiger charge is 2.59. The van der Waals surface area contributed by atoms with Crippen LogP contribution >= 0.6 is 0 Å². The van der Waals surface area contributed by atoms with Gasteiger partial charge in [-0.1, -0.05) is 12.2 Å². The van der Waals surface area contributed by atoms with E-state index < -0.39 is 0 Å². The fourth-order valence-corrected chi connectivity index (χ4v) is 4.14. The zero-order valence-electron chi connectivity index (χ0n) is 10.2. The molecule has 2 heterocycles. The number of carbonyl (C=O) groups is 2. The molecule has 5 atom stereocenters. The van der Waals surface area contributed by atoms with E-state index in [0.29, 0.717) is 18.4 Å². The minimum atomic E-state index is -0.0612. The van der Waals surface area contributed by atoms with E-state index >= 15 is 0 Å². The molecular formula is C14H17NO3. The van der Waals surface area contributed by atoms with Crippen LogP contribution in [0.25, 0.3) is 0 Å². The predicted octanol–water partition coefficient (Wildman–Crippen LogP) is 0.972. The third-order valence-electron chi connectivity index (χ3n) is 4.97. The number of nitrogens with zero attached hydrogens (tertiary/aromatic N) is 1. The van der Waals surface area contributed by atoms with E-state index in [1.54, 1.807) is 0 Å². The first kappa shape index (κ1) is 10.7. The van der Waals surface area contributed by atoms with E-state index in [4.69, 9.17) is 4.74 Å². The van der Waals surface area contributed by atoms with Crippen LogP contribution in [-0.4, -0.2) is 36.0 Å². The summed E-state index contributed by atoms with van der Waals surface area (Å²) < 4.78 is 5.54. The van der Waals surface area contributed by atoms with E-state index in [0.717, 1.165) is 25.9 Å². The van der Waals surface area contributed by atoms with Crippen molar-refractivity contribution in [2.75, 3.05) is 13.2 Å². The first-order valence-corrected chi connectivity index (χ1v) is 6.91. The second-order valence-electron chi connectivity index (χ2n) is 5.92. The molecule has 0 spiro atoms. The van der Waals surface area contributed by atoms with Gasteiger partial charge in [0.2, 0.25) is 11.8 Å². The van der Waals surface area contributed by atoms with Crippen LogP contribution < -0.4 is 0 Å². The van der Waals surface area contributed by atoms with Crippen molar-refractivity contribution in [2.45, 2.75) is 25.4 Å². The second kappa shape index (κ2) is 3.67. The molecule has 1 saturated carbocycles. The molecule has 2 aliphatic heterocycles. The lowest BCUT2D eigenvalue weighted by molar-refractivity contribution is -0.142. The van der Waals surface area contributed by atoms with Gasteiger partial charge in [0.1, 0.15) is 0 Å². The van der Waals surface area contributed by atoms with Gasteiger partial charge in [0.05, 0.1) is 24.5 Å². The van der Waals surface area contributed by atoms with E-state index in [9.17, 15) is 9.59 Å². The summed E-state index contributed by atoms with van der Waals surface area (Å²) in [5, 5.41) is 0. The molecule has 1 unspecified atom stereocenters. The van der Waals surface area contributed by atoms with Crippen molar-refractivity contribution in [1.82, 2.24) is 4.90 Å². The van der Waals surface area contributed by atoms with Crippen LogP contribution in [-0.2, 0) is 14.3 Å². The molecular weight excluding hydrogens is 230 g/mol. The largest absolute Gasteiger partial charge is 0.376 e. The molecule has 0 aromatic rings. The van der Waals surface area contributed by atoms with Gasteiger partial charge in [-0.05, 0) is 31.1 Å². The summed E-state index contributed by atoms with van der Waals surface area (Å²) >= 11 is 0. The van der Waals surface area contributed by atoms with Gasteiger partial charge in [0.25, 0.3) is 0 Å². The van der Waals surface area contributed by atoms with Gasteiger partial charge in [-0.25, -0.2) is 0 Å². The molecule has 3 fully saturated rings. The number of hydrogen-bond donors (Lipinski definition) is 0. The molecule has 0 aromatic carbocycles. The highest BCUT2D eigenvalue weighted by molar-refractivity contribution is 6.06. The molecule has 0 radical (unpaired) electrons. The Hall–Kier alpha value is -1.16. The number of amides is 2. The van der Waals surface area contributed by atoms with Crippen LogP contribution in [0.5, 0.6) is 0 Å². The second-order valence-corrected chi connectivity index (χ2v) is 5.92. The fraction of sp³-hybridized carbons (Fsp3) is 0.714. The maximum Gasteiger partial charge on any atom is 0.233 e. The summed E-state index contributed by atoms with van der Waals surface area (Å²) in [5.41, 5.74) is 0. The minimum Gasteiger partial charge on any atom is -0.376 e. The number of rotatable bonds is 2. The molecule has 0 aromatic heterocycles. The minimum absolute atomic E-state index is 0.0531. The first-order valence-electron chi connectivity index (χ1n) is 6.91. The van der Waals surface area contributed by atoms with Crippen molar-refractivity contribution in [3.63, 3.8) is 0 Å². The predicted molar refractivity (Wildman–Crippen MR) is 63.4 cm³/mol. The molecule has 4 nitrogen and oxygen atoms in total. The molecule has 2 aliphatic carbocycles. The number of allylic oxidation sites excluding steroid dienone is 2. The Kier molecular flexibility index (Phi) is 2.19. The van der Waals surface area contributed by atoms with Gasteiger partial charge >= 0.3 is 0 Å². The zero-order chi connectivity index (χ0) is 12.3. The number of imide groups is 1. The van der Waals surface area contributed by atoms with E-state index in [2.05, 4.69) is 12.2 Å². The van der Waals surface area contributed by atoms with Crippen molar-refractivity contribution in [3.05, 3.63) is 12.2 Å². The van der Waals surface area contributed by atoms with E-state index in [-0.39, 0.29) is 29.8 Å². The first-order chi connectivity index (χ1) is 8.75. The molecule has 2 saturated heterocycles. The number of carbonyl (C=O) groups excluding carboxylic acids is 2. The third-order valence-corrected chi connectivity index (χ3v) is 4.97. The van der Waals surface area contributed by atoms with Crippen molar-refractivity contribution in [2.24, 2.45) is 23.7 Å². The summed E-state index contributed by atoms with van der Waals surface area (Å²) in [6, 6.07) is 0. The number of hydrogen-bond acceptors (Lipinski definition) is 3. The summed E-state index contributed by atoms with van der Waals surface area (Å²) in [6.45, 7) is 1.24. The number of fused-ring (bicyclic) bond motifs is 5. The lowest BCUT2D eigenvalue weighted by atomic mass is 9.85. The average Bonchev–Trinajstić information content (AvgIpc) is 3.10. The summed E-state index contributed by atoms with van der Waals surface area (Å²) in [5.74, 6) is 0.606. The third kappa shape index (κ3) is 1.30. The fourth-order valence-electron chi connectivity index (χ4n) is 4.14. The van der Waals surface area contributed by atoms with Crippen LogP contribution in [0.1, 0.15) is 19.3 Å². The van der Waals surface area contributed by atoms with Gasteiger partial charge in [0.15, 0.2) is 0 Å². The average molecular weight is 247 g/mol. The topological polar surface area (TPSA) is 46.6 Å². The standard InChI is InChI=1S/C14H17NO3/c16-13-11-8-3-4-9(6-8)12(11)14(17)15(13)7-10-2-1-5-18-10/h3-4,8-12H,1-2,5-7H2/t8-,9+,10?,11-,12+. The molecule has 4 aliphatic rings. The van der Waals surface area contributed by atoms with Gasteiger partial charge in [0, 0.05) is 6.61 Å². The molecule has 2 bridgehead atoms. The van der Waals surface area contributed by atoms with E-state index in [1.165, 1.54) is 4.90 Å². The van der Waals surface area contributed by atoms with Crippen molar-refractivity contribution in [1.29, 1.82) is 0 Å². The molecule has 0 N–H and O–H groups in total. The number of ether oxygens (including phenoxy) is 1. The van der Waals surface area contributed by atoms with Gasteiger partial charge < -0.3 is 4.74 Å². The Morgan fingerprint density at radius 1 is 1.17 bits per heavy atom. The van der Waals surface area contributed by atoms with Gasteiger partial charge in [-0.15, -0.1) is 0 Å². The van der Waals surface area contributed by atoms with Crippen molar-refractivity contribution in [3.8, 4) is 0 Å². The normalized spacial score (nSPS) is 45.3. The van der Waals surface area contributed by atoms with Crippen LogP contribution in [0.4, 0.5) is 0 Å². The van der Waals surface area contributed by atoms with Crippen LogP contribution in [0.2, 0.25) is 0 Å². The number of likely N-dealkylation sites (tertiary alicyclic amines) is 1. The molecule has 18 heavy (non-hydrogen) atoms. The molecule has 4 heteroatoms.